The summed E-state index contributed by atoms with van der Waals surface area (Å²) in [6, 6.07) is 0. The van der Waals surface area contributed by atoms with Crippen molar-refractivity contribution in [3.63, 3.8) is 0 Å². The molecule has 0 spiro atoms. The second-order valence-corrected chi connectivity index (χ2v) is 2.30. The number of carbonyl (C=O) groups is 2. The third-order valence-electron chi connectivity index (χ3n) is 0.795. The Bertz CT molecular complexity index is 139. The Kier molecular flexibility index (Phi) is 24.7. The molecule has 0 aliphatic carbocycles. The van der Waals surface area contributed by atoms with Crippen LogP contribution in [0.25, 0.3) is 0 Å². The summed E-state index contributed by atoms with van der Waals surface area (Å²) in [6.45, 7) is 7.06. The fraction of sp³-hybridized carbons (Fsp3) is 0.800. The van der Waals surface area contributed by atoms with E-state index in [4.69, 9.17) is 10.2 Å². The smallest absolute Gasteiger partial charge is 0.302 e. The van der Waals surface area contributed by atoms with E-state index in [0.29, 0.717) is 13.2 Å². The highest BCUT2D eigenvalue weighted by atomic mass is 16.5. The lowest BCUT2D eigenvalue weighted by molar-refractivity contribution is -0.141. The number of esters is 2. The Hall–Kier alpha value is -1.14. The van der Waals surface area contributed by atoms with Crippen molar-refractivity contribution >= 4 is 11.9 Å². The van der Waals surface area contributed by atoms with Gasteiger partial charge in [0.25, 0.3) is 0 Å². The van der Waals surface area contributed by atoms with Crippen molar-refractivity contribution in [1.29, 1.82) is 0 Å². The molecule has 6 nitrogen and oxygen atoms in total. The Morgan fingerprint density at radius 1 is 0.875 bits per heavy atom. The lowest BCUT2D eigenvalue weighted by Gasteiger charge is -1.89. The first-order valence-corrected chi connectivity index (χ1v) is 4.94. The van der Waals surface area contributed by atoms with Crippen LogP contribution in [0.1, 0.15) is 27.7 Å². The lowest BCUT2D eigenvalue weighted by atomic mass is 10.8. The molecule has 98 valence electrons. The molecule has 16 heavy (non-hydrogen) atoms. The summed E-state index contributed by atoms with van der Waals surface area (Å²) in [6.07, 6.45) is 0. The fourth-order valence-electron chi connectivity index (χ4n) is 0.407. The monoisotopic (exact) mass is 238 g/mol. The molecule has 0 amide bonds. The van der Waals surface area contributed by atoms with Crippen molar-refractivity contribution in [1.82, 2.24) is 0 Å². The molecular weight excluding hydrogens is 216 g/mol. The minimum absolute atomic E-state index is 0.125. The largest absolute Gasteiger partial charge is 0.466 e. The van der Waals surface area contributed by atoms with E-state index >= 15 is 0 Å². The van der Waals surface area contributed by atoms with E-state index in [1.54, 1.807) is 13.8 Å². The molecule has 0 aromatic carbocycles. The van der Waals surface area contributed by atoms with Crippen molar-refractivity contribution < 1.29 is 29.3 Å². The third kappa shape index (κ3) is 52.7. The van der Waals surface area contributed by atoms with Gasteiger partial charge in [0.05, 0.1) is 26.4 Å². The maximum Gasteiger partial charge on any atom is 0.302 e. The molecule has 0 aliphatic heterocycles. The molecular formula is C10H22O6. The maximum atomic E-state index is 9.82. The van der Waals surface area contributed by atoms with Gasteiger partial charge in [-0.2, -0.15) is 0 Å². The predicted octanol–water partition coefficient (Wildman–Crippen LogP) is 0.110. The zero-order chi connectivity index (χ0) is 13.4. The van der Waals surface area contributed by atoms with Gasteiger partial charge in [0, 0.05) is 13.8 Å². The van der Waals surface area contributed by atoms with Gasteiger partial charge in [-0.1, -0.05) is 0 Å². The molecule has 2 N–H and O–H groups in total. The number of ether oxygens (including phenoxy) is 2. The average molecular weight is 238 g/mol. The molecule has 0 aromatic rings. The maximum absolute atomic E-state index is 9.82. The quantitative estimate of drug-likeness (QED) is 0.678. The Labute approximate surface area is 96.2 Å². The summed E-state index contributed by atoms with van der Waals surface area (Å²) in [5.41, 5.74) is 0. The highest BCUT2D eigenvalue weighted by Crippen LogP contribution is 1.70. The minimum Gasteiger partial charge on any atom is -0.466 e. The highest BCUT2D eigenvalue weighted by Gasteiger charge is 1.82. The van der Waals surface area contributed by atoms with Gasteiger partial charge in [0.1, 0.15) is 0 Å². The molecule has 0 aliphatic rings. The van der Waals surface area contributed by atoms with Crippen LogP contribution in [0.3, 0.4) is 0 Å². The van der Waals surface area contributed by atoms with Gasteiger partial charge in [0.2, 0.25) is 0 Å². The molecule has 0 saturated heterocycles. The van der Waals surface area contributed by atoms with Crippen LogP contribution < -0.4 is 0 Å². The van der Waals surface area contributed by atoms with E-state index in [2.05, 4.69) is 9.47 Å². The minimum atomic E-state index is -0.211. The van der Waals surface area contributed by atoms with Crippen LogP contribution in [0.15, 0.2) is 0 Å². The van der Waals surface area contributed by atoms with Crippen molar-refractivity contribution in [2.75, 3.05) is 26.4 Å². The van der Waals surface area contributed by atoms with Gasteiger partial charge in [-0.15, -0.1) is 0 Å². The lowest BCUT2D eigenvalue weighted by Crippen LogP contribution is -1.95. The zero-order valence-corrected chi connectivity index (χ0v) is 10.4. The Balaban J connectivity index is -0.000000162. The molecule has 6 heteroatoms. The number of hydrogen-bond donors (Lipinski definition) is 2. The van der Waals surface area contributed by atoms with Crippen LogP contribution in [0.5, 0.6) is 0 Å². The van der Waals surface area contributed by atoms with E-state index in [-0.39, 0.29) is 25.2 Å². The van der Waals surface area contributed by atoms with Crippen LogP contribution in [0.4, 0.5) is 0 Å². The van der Waals surface area contributed by atoms with Crippen molar-refractivity contribution in [3.05, 3.63) is 0 Å². The van der Waals surface area contributed by atoms with Gasteiger partial charge in [-0.25, -0.2) is 0 Å². The number of aliphatic hydroxyl groups is 2. The summed E-state index contributed by atoms with van der Waals surface area (Å²) in [5.74, 6) is -0.421. The molecule has 0 rings (SSSR count). The first kappa shape index (κ1) is 20.3. The standard InChI is InChI=1S/2C4H8O2.C2H6O2/c2*1-3-6-4(2)5;3-1-2-4/h2*3H2,1-2H3;3-4H,1-2H2. The molecule has 0 saturated carbocycles. The van der Waals surface area contributed by atoms with Gasteiger partial charge >= 0.3 is 11.9 Å². The first-order valence-electron chi connectivity index (χ1n) is 4.94. The van der Waals surface area contributed by atoms with Gasteiger partial charge < -0.3 is 19.7 Å². The van der Waals surface area contributed by atoms with E-state index in [1.165, 1.54) is 13.8 Å². The zero-order valence-electron chi connectivity index (χ0n) is 10.4. The number of aliphatic hydroxyl groups excluding tert-OH is 2. The number of carbonyl (C=O) groups excluding carboxylic acids is 2. The normalized spacial score (nSPS) is 7.62. The molecule has 0 fully saturated rings. The fourth-order valence-corrected chi connectivity index (χ4v) is 0.407. The van der Waals surface area contributed by atoms with Crippen LogP contribution in [0.2, 0.25) is 0 Å². The van der Waals surface area contributed by atoms with Crippen LogP contribution >= 0.6 is 0 Å². The van der Waals surface area contributed by atoms with Gasteiger partial charge in [-0.05, 0) is 13.8 Å². The van der Waals surface area contributed by atoms with Crippen LogP contribution in [0, 0.1) is 0 Å². The molecule has 0 radical (unpaired) electrons. The molecule has 0 aromatic heterocycles. The molecule has 0 heterocycles. The van der Waals surface area contributed by atoms with E-state index in [0.717, 1.165) is 0 Å². The second-order valence-electron chi connectivity index (χ2n) is 2.30. The first-order chi connectivity index (χ1) is 7.45. The van der Waals surface area contributed by atoms with E-state index in [1.807, 2.05) is 0 Å². The predicted molar refractivity (Wildman–Crippen MR) is 58.8 cm³/mol. The van der Waals surface area contributed by atoms with Gasteiger partial charge in [-0.3, -0.25) is 9.59 Å². The summed E-state index contributed by atoms with van der Waals surface area (Å²) >= 11 is 0. The average Bonchev–Trinajstić information content (AvgIpc) is 2.18. The highest BCUT2D eigenvalue weighted by molar-refractivity contribution is 5.66. The van der Waals surface area contributed by atoms with Crippen molar-refractivity contribution in [2.24, 2.45) is 0 Å². The van der Waals surface area contributed by atoms with Gasteiger partial charge in [0.15, 0.2) is 0 Å². The van der Waals surface area contributed by atoms with Crippen LogP contribution in [-0.4, -0.2) is 48.6 Å². The van der Waals surface area contributed by atoms with Crippen LogP contribution in [-0.2, 0) is 19.1 Å². The third-order valence-corrected chi connectivity index (χ3v) is 0.795. The molecule has 0 unspecified atom stereocenters. The Morgan fingerprint density at radius 2 is 1.12 bits per heavy atom. The molecule has 0 bridgehead atoms. The Morgan fingerprint density at radius 3 is 1.12 bits per heavy atom. The van der Waals surface area contributed by atoms with E-state index < -0.39 is 0 Å². The second kappa shape index (κ2) is 19.4. The van der Waals surface area contributed by atoms with Crippen molar-refractivity contribution in [3.8, 4) is 0 Å². The number of hydrogen-bond acceptors (Lipinski definition) is 6. The van der Waals surface area contributed by atoms with Crippen molar-refractivity contribution in [2.45, 2.75) is 27.7 Å². The van der Waals surface area contributed by atoms with E-state index in [9.17, 15) is 9.59 Å². The number of rotatable bonds is 3. The summed E-state index contributed by atoms with van der Waals surface area (Å²) in [4.78, 5) is 19.6. The topological polar surface area (TPSA) is 93.1 Å². The summed E-state index contributed by atoms with van der Waals surface area (Å²) < 4.78 is 8.81. The molecule has 0 atom stereocenters. The summed E-state index contributed by atoms with van der Waals surface area (Å²) in [7, 11) is 0. The summed E-state index contributed by atoms with van der Waals surface area (Å²) in [5, 5.41) is 15.2. The SMILES string of the molecule is CCOC(C)=O.CCOC(C)=O.OCCO.